The van der Waals surface area contributed by atoms with Crippen LogP contribution in [0.3, 0.4) is 0 Å². The Balaban J connectivity index is 3.39. The maximum Gasteiger partial charge on any atom is 0.0190 e. The van der Waals surface area contributed by atoms with E-state index in [2.05, 4.69) is 25.4 Å². The van der Waals surface area contributed by atoms with E-state index < -0.39 is 0 Å². The van der Waals surface area contributed by atoms with Crippen molar-refractivity contribution in [2.75, 3.05) is 25.1 Å². The molecule has 0 saturated carbocycles. The molecule has 3 N–H and O–H groups in total. The zero-order chi connectivity index (χ0) is 10.1. The van der Waals surface area contributed by atoms with Gasteiger partial charge in [-0.3, -0.25) is 0 Å². The molecule has 0 fully saturated rings. The van der Waals surface area contributed by atoms with Crippen molar-refractivity contribution in [2.24, 2.45) is 11.7 Å². The summed E-state index contributed by atoms with van der Waals surface area (Å²) in [6, 6.07) is 0.523. The second kappa shape index (κ2) is 8.85. The normalized spacial score (nSPS) is 13.6. The minimum Gasteiger partial charge on any atom is -0.329 e. The lowest BCUT2D eigenvalue weighted by molar-refractivity contribution is 0.444. The van der Waals surface area contributed by atoms with Crippen LogP contribution in [0.25, 0.3) is 0 Å². The molecular formula is C10H24N2S. The topological polar surface area (TPSA) is 38.0 Å². The van der Waals surface area contributed by atoms with E-state index in [4.69, 9.17) is 5.73 Å². The van der Waals surface area contributed by atoms with E-state index in [1.165, 1.54) is 18.6 Å². The molecular weight excluding hydrogens is 180 g/mol. The summed E-state index contributed by atoms with van der Waals surface area (Å²) < 4.78 is 0. The summed E-state index contributed by atoms with van der Waals surface area (Å²) in [4.78, 5) is 0. The molecule has 1 unspecified atom stereocenters. The van der Waals surface area contributed by atoms with Gasteiger partial charge in [0.1, 0.15) is 0 Å². The maximum absolute atomic E-state index is 5.67. The Labute approximate surface area is 87.0 Å². The average molecular weight is 204 g/mol. The third-order valence-corrected chi connectivity index (χ3v) is 2.70. The van der Waals surface area contributed by atoms with Crippen LogP contribution in [-0.4, -0.2) is 31.1 Å². The Morgan fingerprint density at radius 1 is 1.38 bits per heavy atom. The molecule has 2 nitrogen and oxygen atoms in total. The SMILES string of the molecule is CSCCCC(CN)NCC(C)C. The largest absolute Gasteiger partial charge is 0.329 e. The average Bonchev–Trinajstić information content (AvgIpc) is 2.10. The molecule has 0 aliphatic heterocycles. The van der Waals surface area contributed by atoms with Crippen LogP contribution in [0, 0.1) is 5.92 Å². The summed E-state index contributed by atoms with van der Waals surface area (Å²) in [5, 5.41) is 3.49. The van der Waals surface area contributed by atoms with Gasteiger partial charge in [-0.1, -0.05) is 13.8 Å². The molecule has 0 spiro atoms. The predicted octanol–water partition coefficient (Wildman–Crippen LogP) is 1.70. The lowest BCUT2D eigenvalue weighted by atomic mass is 10.1. The van der Waals surface area contributed by atoms with E-state index in [1.54, 1.807) is 0 Å². The molecule has 0 heterocycles. The van der Waals surface area contributed by atoms with Gasteiger partial charge in [0, 0.05) is 12.6 Å². The van der Waals surface area contributed by atoms with Crippen LogP contribution < -0.4 is 11.1 Å². The van der Waals surface area contributed by atoms with Gasteiger partial charge in [-0.2, -0.15) is 11.8 Å². The molecule has 0 aliphatic carbocycles. The number of rotatable bonds is 8. The third-order valence-electron chi connectivity index (χ3n) is 2.00. The molecule has 0 aliphatic rings. The van der Waals surface area contributed by atoms with Gasteiger partial charge in [0.2, 0.25) is 0 Å². The number of nitrogens with one attached hydrogen (secondary N) is 1. The fourth-order valence-electron chi connectivity index (χ4n) is 1.18. The molecule has 0 amide bonds. The number of hydrogen-bond acceptors (Lipinski definition) is 3. The number of thioether (sulfide) groups is 1. The number of hydrogen-bond donors (Lipinski definition) is 2. The van der Waals surface area contributed by atoms with Crippen molar-refractivity contribution in [1.29, 1.82) is 0 Å². The molecule has 3 heteroatoms. The molecule has 80 valence electrons. The van der Waals surface area contributed by atoms with E-state index in [1.807, 2.05) is 11.8 Å². The summed E-state index contributed by atoms with van der Waals surface area (Å²) >= 11 is 1.91. The van der Waals surface area contributed by atoms with Crippen LogP contribution >= 0.6 is 11.8 Å². The summed E-state index contributed by atoms with van der Waals surface area (Å²) in [5.41, 5.74) is 5.67. The smallest absolute Gasteiger partial charge is 0.0190 e. The standard InChI is InChI=1S/C10H24N2S/c1-9(2)8-12-10(7-11)5-4-6-13-3/h9-10,12H,4-8,11H2,1-3H3. The molecule has 0 aromatic carbocycles. The third kappa shape index (κ3) is 8.60. The first kappa shape index (κ1) is 13.3. The first-order chi connectivity index (χ1) is 6.20. The molecule has 0 saturated heterocycles. The first-order valence-corrected chi connectivity index (χ1v) is 6.52. The Kier molecular flexibility index (Phi) is 9.03. The van der Waals surface area contributed by atoms with Crippen LogP contribution in [0.15, 0.2) is 0 Å². The van der Waals surface area contributed by atoms with Gasteiger partial charge in [0.25, 0.3) is 0 Å². The lowest BCUT2D eigenvalue weighted by Crippen LogP contribution is -2.38. The van der Waals surface area contributed by atoms with Crippen molar-refractivity contribution in [3.63, 3.8) is 0 Å². The summed E-state index contributed by atoms with van der Waals surface area (Å²) in [6.45, 7) is 6.30. The lowest BCUT2D eigenvalue weighted by Gasteiger charge is -2.17. The molecule has 0 radical (unpaired) electrons. The van der Waals surface area contributed by atoms with Crippen LogP contribution in [0.5, 0.6) is 0 Å². The highest BCUT2D eigenvalue weighted by molar-refractivity contribution is 7.98. The highest BCUT2D eigenvalue weighted by atomic mass is 32.2. The fraction of sp³-hybridized carbons (Fsp3) is 1.00. The fourth-order valence-corrected chi connectivity index (χ4v) is 1.64. The quantitative estimate of drug-likeness (QED) is 0.591. The van der Waals surface area contributed by atoms with Gasteiger partial charge in [0.05, 0.1) is 0 Å². The Bertz CT molecular complexity index is 107. The highest BCUT2D eigenvalue weighted by Crippen LogP contribution is 2.02. The van der Waals surface area contributed by atoms with Gasteiger partial charge in [-0.25, -0.2) is 0 Å². The second-order valence-electron chi connectivity index (χ2n) is 3.87. The van der Waals surface area contributed by atoms with E-state index in [0.717, 1.165) is 19.0 Å². The summed E-state index contributed by atoms with van der Waals surface area (Å²) in [5.74, 6) is 1.97. The van der Waals surface area contributed by atoms with Crippen LogP contribution in [0.4, 0.5) is 0 Å². The Morgan fingerprint density at radius 3 is 2.54 bits per heavy atom. The maximum atomic E-state index is 5.67. The summed E-state index contributed by atoms with van der Waals surface area (Å²) in [7, 11) is 0. The minimum absolute atomic E-state index is 0.523. The highest BCUT2D eigenvalue weighted by Gasteiger charge is 2.05. The first-order valence-electron chi connectivity index (χ1n) is 5.13. The van der Waals surface area contributed by atoms with Crippen molar-refractivity contribution in [3.05, 3.63) is 0 Å². The minimum atomic E-state index is 0.523. The second-order valence-corrected chi connectivity index (χ2v) is 4.86. The van der Waals surface area contributed by atoms with Crippen molar-refractivity contribution >= 4 is 11.8 Å². The molecule has 0 bridgehead atoms. The molecule has 1 atom stereocenters. The van der Waals surface area contributed by atoms with Crippen molar-refractivity contribution in [3.8, 4) is 0 Å². The van der Waals surface area contributed by atoms with Gasteiger partial charge in [0.15, 0.2) is 0 Å². The van der Waals surface area contributed by atoms with Crippen LogP contribution in [0.1, 0.15) is 26.7 Å². The van der Waals surface area contributed by atoms with E-state index in [-0.39, 0.29) is 0 Å². The van der Waals surface area contributed by atoms with E-state index in [9.17, 15) is 0 Å². The van der Waals surface area contributed by atoms with Crippen molar-refractivity contribution < 1.29 is 0 Å². The monoisotopic (exact) mass is 204 g/mol. The van der Waals surface area contributed by atoms with E-state index >= 15 is 0 Å². The van der Waals surface area contributed by atoms with Gasteiger partial charge in [-0.05, 0) is 37.3 Å². The van der Waals surface area contributed by atoms with Gasteiger partial charge in [-0.15, -0.1) is 0 Å². The molecule has 0 aromatic heterocycles. The van der Waals surface area contributed by atoms with Crippen molar-refractivity contribution in [2.45, 2.75) is 32.7 Å². The zero-order valence-electron chi connectivity index (χ0n) is 9.18. The van der Waals surface area contributed by atoms with E-state index in [0.29, 0.717) is 6.04 Å². The van der Waals surface area contributed by atoms with Crippen LogP contribution in [-0.2, 0) is 0 Å². The molecule has 13 heavy (non-hydrogen) atoms. The summed E-state index contributed by atoms with van der Waals surface area (Å²) in [6.07, 6.45) is 4.64. The Morgan fingerprint density at radius 2 is 2.08 bits per heavy atom. The molecule has 0 aromatic rings. The van der Waals surface area contributed by atoms with Gasteiger partial charge >= 0.3 is 0 Å². The van der Waals surface area contributed by atoms with Crippen LogP contribution in [0.2, 0.25) is 0 Å². The predicted molar refractivity (Wildman–Crippen MR) is 63.3 cm³/mol. The zero-order valence-corrected chi connectivity index (χ0v) is 9.99. The van der Waals surface area contributed by atoms with Crippen molar-refractivity contribution in [1.82, 2.24) is 5.32 Å². The Hall–Kier alpha value is 0.270. The number of nitrogens with two attached hydrogens (primary N) is 1. The molecule has 0 rings (SSSR count). The van der Waals surface area contributed by atoms with Gasteiger partial charge < -0.3 is 11.1 Å².